The third kappa shape index (κ3) is 3.48. The summed E-state index contributed by atoms with van der Waals surface area (Å²) in [5, 5.41) is 16.7. The number of benzene rings is 1. The number of hydrazone groups is 1. The quantitative estimate of drug-likeness (QED) is 0.794. The first kappa shape index (κ1) is 17.0. The SMILES string of the molecule is CC(=NN1CCOCC1)c1c(O)n(-c2ccc(C)cc2)c(=O)[nH]c1=O. The van der Waals surface area contributed by atoms with Gasteiger partial charge in [-0.25, -0.2) is 9.36 Å². The average molecular weight is 344 g/mol. The highest BCUT2D eigenvalue weighted by atomic mass is 16.5. The summed E-state index contributed by atoms with van der Waals surface area (Å²) in [6, 6.07) is 7.04. The van der Waals surface area contributed by atoms with Gasteiger partial charge in [0.05, 0.1) is 37.7 Å². The number of aryl methyl sites for hydroxylation is 1. The summed E-state index contributed by atoms with van der Waals surface area (Å²) in [7, 11) is 0. The molecule has 0 bridgehead atoms. The summed E-state index contributed by atoms with van der Waals surface area (Å²) in [5.41, 5.74) is 0.429. The van der Waals surface area contributed by atoms with Crippen LogP contribution in [-0.2, 0) is 4.74 Å². The minimum atomic E-state index is -0.700. The van der Waals surface area contributed by atoms with E-state index in [1.54, 1.807) is 24.1 Å². The Hall–Kier alpha value is -2.87. The molecule has 1 saturated heterocycles. The number of aromatic nitrogens is 2. The van der Waals surface area contributed by atoms with Gasteiger partial charge in [0, 0.05) is 0 Å². The van der Waals surface area contributed by atoms with Gasteiger partial charge in [0.15, 0.2) is 0 Å². The Morgan fingerprint density at radius 1 is 1.20 bits per heavy atom. The molecular weight excluding hydrogens is 324 g/mol. The molecule has 3 rings (SSSR count). The molecule has 132 valence electrons. The molecule has 0 radical (unpaired) electrons. The maximum absolute atomic E-state index is 12.2. The molecule has 1 aliphatic rings. The van der Waals surface area contributed by atoms with Gasteiger partial charge in [-0.3, -0.25) is 14.8 Å². The number of hydrogen-bond donors (Lipinski definition) is 2. The zero-order valence-corrected chi connectivity index (χ0v) is 14.2. The molecule has 0 atom stereocenters. The zero-order valence-electron chi connectivity index (χ0n) is 14.2. The van der Waals surface area contributed by atoms with Crippen LogP contribution in [0, 0.1) is 6.92 Å². The van der Waals surface area contributed by atoms with Gasteiger partial charge >= 0.3 is 5.69 Å². The van der Waals surface area contributed by atoms with Gasteiger partial charge in [-0.15, -0.1) is 0 Å². The van der Waals surface area contributed by atoms with Crippen molar-refractivity contribution in [1.29, 1.82) is 0 Å². The molecule has 8 nitrogen and oxygen atoms in total. The Kier molecular flexibility index (Phi) is 4.71. The van der Waals surface area contributed by atoms with E-state index in [0.29, 0.717) is 37.7 Å². The van der Waals surface area contributed by atoms with E-state index < -0.39 is 17.1 Å². The highest BCUT2D eigenvalue weighted by molar-refractivity contribution is 6.00. The van der Waals surface area contributed by atoms with E-state index in [1.807, 2.05) is 19.1 Å². The molecule has 1 aliphatic heterocycles. The predicted molar refractivity (Wildman–Crippen MR) is 93.7 cm³/mol. The zero-order chi connectivity index (χ0) is 18.0. The Balaban J connectivity index is 2.09. The van der Waals surface area contributed by atoms with Crippen LogP contribution in [0.1, 0.15) is 18.1 Å². The standard InChI is InChI=1S/C17H20N4O4/c1-11-3-5-13(6-4-11)21-16(23)14(15(22)18-17(21)24)12(2)19-20-7-9-25-10-8-20/h3-6,23H,7-10H2,1-2H3,(H,18,22,24). The second kappa shape index (κ2) is 6.94. The number of aromatic hydroxyl groups is 1. The largest absolute Gasteiger partial charge is 0.493 e. The van der Waals surface area contributed by atoms with E-state index in [-0.39, 0.29) is 5.56 Å². The van der Waals surface area contributed by atoms with E-state index in [2.05, 4.69) is 10.1 Å². The lowest BCUT2D eigenvalue weighted by Gasteiger charge is -2.24. The molecule has 2 heterocycles. The number of morpholine rings is 1. The van der Waals surface area contributed by atoms with E-state index in [4.69, 9.17) is 4.74 Å². The Bertz CT molecular complexity index is 906. The number of nitrogens with zero attached hydrogens (tertiary/aromatic N) is 3. The second-order valence-corrected chi connectivity index (χ2v) is 5.88. The van der Waals surface area contributed by atoms with E-state index in [1.165, 1.54) is 0 Å². The average Bonchev–Trinajstić information content (AvgIpc) is 2.57. The van der Waals surface area contributed by atoms with Crippen LogP contribution in [0.25, 0.3) is 5.69 Å². The fourth-order valence-corrected chi connectivity index (χ4v) is 2.70. The highest BCUT2D eigenvalue weighted by Gasteiger charge is 2.19. The lowest BCUT2D eigenvalue weighted by atomic mass is 10.2. The minimum Gasteiger partial charge on any atom is -0.493 e. The first-order valence-corrected chi connectivity index (χ1v) is 8.01. The van der Waals surface area contributed by atoms with Gasteiger partial charge in [0.2, 0.25) is 5.88 Å². The van der Waals surface area contributed by atoms with Crippen LogP contribution in [-0.4, -0.2) is 51.7 Å². The Morgan fingerprint density at radius 2 is 1.84 bits per heavy atom. The minimum absolute atomic E-state index is 0.0216. The molecule has 25 heavy (non-hydrogen) atoms. The van der Waals surface area contributed by atoms with Crippen molar-refractivity contribution in [3.05, 3.63) is 56.2 Å². The highest BCUT2D eigenvalue weighted by Crippen LogP contribution is 2.18. The number of nitrogens with one attached hydrogen (secondary N) is 1. The topological polar surface area (TPSA) is 99.9 Å². The first-order chi connectivity index (χ1) is 12.0. The molecule has 0 amide bonds. The van der Waals surface area contributed by atoms with Crippen LogP contribution >= 0.6 is 0 Å². The summed E-state index contributed by atoms with van der Waals surface area (Å²) < 4.78 is 6.33. The van der Waals surface area contributed by atoms with E-state index in [0.717, 1.165) is 10.1 Å². The van der Waals surface area contributed by atoms with Crippen LogP contribution in [0.3, 0.4) is 0 Å². The molecule has 8 heteroatoms. The van der Waals surface area contributed by atoms with Gasteiger partial charge in [0.25, 0.3) is 5.56 Å². The van der Waals surface area contributed by atoms with Gasteiger partial charge in [0.1, 0.15) is 5.56 Å². The molecule has 1 aromatic heterocycles. The third-order valence-corrected chi connectivity index (χ3v) is 4.02. The van der Waals surface area contributed by atoms with E-state index >= 15 is 0 Å². The normalized spacial score (nSPS) is 15.4. The lowest BCUT2D eigenvalue weighted by molar-refractivity contribution is 0.0393. The molecule has 0 aliphatic carbocycles. The van der Waals surface area contributed by atoms with Crippen molar-refractivity contribution in [3.63, 3.8) is 0 Å². The molecule has 0 spiro atoms. The smallest absolute Gasteiger partial charge is 0.335 e. The summed E-state index contributed by atoms with van der Waals surface area (Å²) in [5.74, 6) is -0.424. The van der Waals surface area contributed by atoms with Crippen molar-refractivity contribution < 1.29 is 9.84 Å². The first-order valence-electron chi connectivity index (χ1n) is 8.01. The fraction of sp³-hybridized carbons (Fsp3) is 0.353. The number of H-pyrrole nitrogens is 1. The van der Waals surface area contributed by atoms with Crippen LogP contribution < -0.4 is 11.2 Å². The lowest BCUT2D eigenvalue weighted by Crippen LogP contribution is -2.35. The summed E-state index contributed by atoms with van der Waals surface area (Å²) in [4.78, 5) is 26.7. The molecule has 1 aromatic carbocycles. The third-order valence-electron chi connectivity index (χ3n) is 4.02. The number of hydrogen-bond acceptors (Lipinski definition) is 6. The second-order valence-electron chi connectivity index (χ2n) is 5.88. The number of rotatable bonds is 3. The summed E-state index contributed by atoms with van der Waals surface area (Å²) >= 11 is 0. The van der Waals surface area contributed by atoms with Gasteiger partial charge in [-0.1, -0.05) is 17.7 Å². The van der Waals surface area contributed by atoms with E-state index in [9.17, 15) is 14.7 Å². The maximum atomic E-state index is 12.2. The monoisotopic (exact) mass is 344 g/mol. The van der Waals surface area contributed by atoms with Crippen molar-refractivity contribution in [1.82, 2.24) is 14.6 Å². The van der Waals surface area contributed by atoms with Crippen LogP contribution in [0.15, 0.2) is 39.0 Å². The van der Waals surface area contributed by atoms with Crippen LogP contribution in [0.4, 0.5) is 0 Å². The Morgan fingerprint density at radius 3 is 2.48 bits per heavy atom. The molecular formula is C17H20N4O4. The van der Waals surface area contributed by atoms with Crippen LogP contribution in [0.2, 0.25) is 0 Å². The molecule has 0 saturated carbocycles. The Labute approximate surface area is 144 Å². The maximum Gasteiger partial charge on any atom is 0.335 e. The molecule has 2 N–H and O–H groups in total. The number of aromatic amines is 1. The number of ether oxygens (including phenoxy) is 1. The summed E-state index contributed by atoms with van der Waals surface area (Å²) in [6.07, 6.45) is 0. The molecule has 1 fully saturated rings. The predicted octanol–water partition coefficient (Wildman–Crippen LogP) is 0.596. The van der Waals surface area contributed by atoms with Crippen molar-refractivity contribution in [3.8, 4) is 11.6 Å². The molecule has 0 unspecified atom stereocenters. The van der Waals surface area contributed by atoms with Crippen molar-refractivity contribution in [2.24, 2.45) is 5.10 Å². The van der Waals surface area contributed by atoms with Crippen molar-refractivity contribution >= 4 is 5.71 Å². The van der Waals surface area contributed by atoms with Gasteiger partial charge in [-0.2, -0.15) is 5.10 Å². The van der Waals surface area contributed by atoms with Crippen LogP contribution in [0.5, 0.6) is 5.88 Å². The summed E-state index contributed by atoms with van der Waals surface area (Å²) in [6.45, 7) is 5.87. The van der Waals surface area contributed by atoms with Gasteiger partial charge < -0.3 is 9.84 Å². The van der Waals surface area contributed by atoms with Crippen molar-refractivity contribution in [2.45, 2.75) is 13.8 Å². The van der Waals surface area contributed by atoms with Gasteiger partial charge in [-0.05, 0) is 26.0 Å². The van der Waals surface area contributed by atoms with Crippen molar-refractivity contribution in [2.75, 3.05) is 26.3 Å². The molecule has 2 aromatic rings. The fourth-order valence-electron chi connectivity index (χ4n) is 2.70.